The van der Waals surface area contributed by atoms with E-state index in [-0.39, 0.29) is 27.7 Å². The van der Waals surface area contributed by atoms with Gasteiger partial charge < -0.3 is 10.5 Å². The van der Waals surface area contributed by atoms with Crippen molar-refractivity contribution < 1.29 is 9.53 Å². The van der Waals surface area contributed by atoms with Crippen molar-refractivity contribution in [1.29, 1.82) is 0 Å². The van der Waals surface area contributed by atoms with Gasteiger partial charge in [-0.2, -0.15) is 0 Å². The topological polar surface area (TPSA) is 65.2 Å². The lowest BCUT2D eigenvalue weighted by atomic mass is 10.3. The SMILES string of the molecule is CC(C)OC(=O)c1nc(Cl)cc(N)c1Cl. The van der Waals surface area contributed by atoms with Crippen LogP contribution in [0.4, 0.5) is 5.69 Å². The average Bonchev–Trinajstić information content (AvgIpc) is 2.09. The summed E-state index contributed by atoms with van der Waals surface area (Å²) in [5, 5.41) is 0.164. The van der Waals surface area contributed by atoms with Gasteiger partial charge in [-0.25, -0.2) is 9.78 Å². The van der Waals surface area contributed by atoms with Gasteiger partial charge in [0.1, 0.15) is 5.15 Å². The standard InChI is InChI=1S/C9H10Cl2N2O2/c1-4(2)15-9(14)8-7(11)5(12)3-6(10)13-8/h3-4H,1-2H3,(H2,12,13). The second-order valence-electron chi connectivity index (χ2n) is 3.15. The highest BCUT2D eigenvalue weighted by atomic mass is 35.5. The Balaban J connectivity index is 3.08. The molecule has 0 unspecified atom stereocenters. The van der Waals surface area contributed by atoms with Crippen LogP contribution in [0.2, 0.25) is 10.2 Å². The number of carbonyl (C=O) groups is 1. The van der Waals surface area contributed by atoms with Crippen LogP contribution >= 0.6 is 23.2 Å². The third kappa shape index (κ3) is 2.97. The highest BCUT2D eigenvalue weighted by Crippen LogP contribution is 2.25. The van der Waals surface area contributed by atoms with Crippen molar-refractivity contribution in [2.45, 2.75) is 20.0 Å². The molecule has 0 aromatic carbocycles. The van der Waals surface area contributed by atoms with E-state index in [0.29, 0.717) is 0 Å². The number of anilines is 1. The summed E-state index contributed by atoms with van der Waals surface area (Å²) in [6.45, 7) is 3.44. The Morgan fingerprint density at radius 2 is 2.13 bits per heavy atom. The lowest BCUT2D eigenvalue weighted by Gasteiger charge is -2.09. The molecule has 15 heavy (non-hydrogen) atoms. The van der Waals surface area contributed by atoms with Crippen LogP contribution in [0.3, 0.4) is 0 Å². The van der Waals surface area contributed by atoms with Gasteiger partial charge in [-0.05, 0) is 19.9 Å². The van der Waals surface area contributed by atoms with Gasteiger partial charge in [-0.1, -0.05) is 23.2 Å². The molecule has 0 aliphatic carbocycles. The zero-order chi connectivity index (χ0) is 11.6. The summed E-state index contributed by atoms with van der Waals surface area (Å²) in [6, 6.07) is 1.37. The summed E-state index contributed by atoms with van der Waals surface area (Å²) in [6.07, 6.45) is -0.254. The number of rotatable bonds is 2. The van der Waals surface area contributed by atoms with Crippen molar-refractivity contribution >= 4 is 34.9 Å². The van der Waals surface area contributed by atoms with E-state index in [1.165, 1.54) is 6.07 Å². The molecule has 0 saturated carbocycles. The molecule has 2 N–H and O–H groups in total. The molecule has 1 rings (SSSR count). The van der Waals surface area contributed by atoms with Crippen LogP contribution in [-0.4, -0.2) is 17.1 Å². The summed E-state index contributed by atoms with van der Waals surface area (Å²) < 4.78 is 4.93. The van der Waals surface area contributed by atoms with Crippen molar-refractivity contribution in [3.05, 3.63) is 21.9 Å². The Bertz CT molecular complexity index is 394. The molecule has 1 aromatic heterocycles. The van der Waals surface area contributed by atoms with E-state index in [1.807, 2.05) is 0 Å². The lowest BCUT2D eigenvalue weighted by molar-refractivity contribution is 0.0371. The number of carbonyl (C=O) groups excluding carboxylic acids is 1. The third-order valence-corrected chi connectivity index (χ3v) is 2.08. The van der Waals surface area contributed by atoms with E-state index in [0.717, 1.165) is 0 Å². The molecule has 4 nitrogen and oxygen atoms in total. The van der Waals surface area contributed by atoms with Crippen molar-refractivity contribution in [1.82, 2.24) is 4.98 Å². The Morgan fingerprint density at radius 1 is 1.53 bits per heavy atom. The molecule has 0 saturated heterocycles. The maximum absolute atomic E-state index is 11.5. The van der Waals surface area contributed by atoms with Gasteiger partial charge in [-0.3, -0.25) is 0 Å². The molecule has 0 spiro atoms. The maximum Gasteiger partial charge on any atom is 0.358 e. The molecule has 0 aliphatic rings. The van der Waals surface area contributed by atoms with Crippen molar-refractivity contribution in [2.75, 3.05) is 5.73 Å². The van der Waals surface area contributed by atoms with Crippen LogP contribution in [0.1, 0.15) is 24.3 Å². The molecule has 0 radical (unpaired) electrons. The van der Waals surface area contributed by atoms with Gasteiger partial charge in [0.2, 0.25) is 0 Å². The first-order valence-electron chi connectivity index (χ1n) is 4.24. The van der Waals surface area contributed by atoms with Crippen LogP contribution in [-0.2, 0) is 4.74 Å². The Hall–Kier alpha value is -1.00. The molecule has 0 amide bonds. The minimum absolute atomic E-state index is 0.0598. The Kier molecular flexibility index (Phi) is 3.77. The first-order chi connectivity index (χ1) is 6.91. The van der Waals surface area contributed by atoms with Crippen molar-refractivity contribution in [3.8, 4) is 0 Å². The van der Waals surface area contributed by atoms with Crippen molar-refractivity contribution in [2.24, 2.45) is 0 Å². The molecule has 0 bridgehead atoms. The smallest absolute Gasteiger partial charge is 0.358 e. The number of ether oxygens (including phenoxy) is 1. The fourth-order valence-electron chi connectivity index (χ4n) is 0.922. The zero-order valence-corrected chi connectivity index (χ0v) is 9.76. The van der Waals surface area contributed by atoms with E-state index in [1.54, 1.807) is 13.8 Å². The highest BCUT2D eigenvalue weighted by molar-refractivity contribution is 6.37. The molecule has 0 fully saturated rings. The van der Waals surface area contributed by atoms with E-state index in [2.05, 4.69) is 4.98 Å². The summed E-state index contributed by atoms with van der Waals surface area (Å²) in [5.41, 5.74) is 5.67. The number of aromatic nitrogens is 1. The summed E-state index contributed by atoms with van der Waals surface area (Å²) >= 11 is 11.4. The summed E-state index contributed by atoms with van der Waals surface area (Å²) in [4.78, 5) is 15.3. The Labute approximate surface area is 97.3 Å². The second kappa shape index (κ2) is 4.68. The number of pyridine rings is 1. The summed E-state index contributed by atoms with van der Waals surface area (Å²) in [7, 11) is 0. The van der Waals surface area contributed by atoms with Crippen molar-refractivity contribution in [3.63, 3.8) is 0 Å². The van der Waals surface area contributed by atoms with E-state index in [4.69, 9.17) is 33.7 Å². The van der Waals surface area contributed by atoms with Crippen LogP contribution < -0.4 is 5.73 Å². The number of esters is 1. The number of nitrogens with zero attached hydrogens (tertiary/aromatic N) is 1. The van der Waals surface area contributed by atoms with Gasteiger partial charge in [0, 0.05) is 0 Å². The van der Waals surface area contributed by atoms with Gasteiger partial charge in [-0.15, -0.1) is 0 Å². The molecule has 0 atom stereocenters. The van der Waals surface area contributed by atoms with Gasteiger partial charge in [0.25, 0.3) is 0 Å². The molecule has 0 aliphatic heterocycles. The van der Waals surface area contributed by atoms with Crippen LogP contribution in [0.15, 0.2) is 6.07 Å². The molecule has 1 heterocycles. The number of nitrogen functional groups attached to an aromatic ring is 1. The van der Waals surface area contributed by atoms with Crippen LogP contribution in [0, 0.1) is 0 Å². The quantitative estimate of drug-likeness (QED) is 0.646. The van der Waals surface area contributed by atoms with E-state index < -0.39 is 5.97 Å². The number of hydrogen-bond acceptors (Lipinski definition) is 4. The van der Waals surface area contributed by atoms with Gasteiger partial charge in [0.15, 0.2) is 5.69 Å². The minimum Gasteiger partial charge on any atom is -0.458 e. The van der Waals surface area contributed by atoms with Gasteiger partial charge >= 0.3 is 5.97 Å². The predicted octanol–water partition coefficient (Wildman–Crippen LogP) is 2.54. The molecular weight excluding hydrogens is 239 g/mol. The maximum atomic E-state index is 11.5. The Morgan fingerprint density at radius 3 is 2.67 bits per heavy atom. The number of hydrogen-bond donors (Lipinski definition) is 1. The third-order valence-electron chi connectivity index (χ3n) is 1.49. The monoisotopic (exact) mass is 248 g/mol. The minimum atomic E-state index is -0.635. The average molecular weight is 249 g/mol. The molecule has 6 heteroatoms. The van der Waals surface area contributed by atoms with E-state index >= 15 is 0 Å². The first kappa shape index (κ1) is 12.1. The molecule has 82 valence electrons. The fourth-order valence-corrected chi connectivity index (χ4v) is 1.30. The highest BCUT2D eigenvalue weighted by Gasteiger charge is 2.18. The zero-order valence-electron chi connectivity index (χ0n) is 8.25. The number of nitrogens with two attached hydrogens (primary N) is 1. The molecule has 1 aromatic rings. The van der Waals surface area contributed by atoms with Gasteiger partial charge in [0.05, 0.1) is 16.8 Å². The first-order valence-corrected chi connectivity index (χ1v) is 5.00. The fraction of sp³-hybridized carbons (Fsp3) is 0.333. The number of halogens is 2. The normalized spacial score (nSPS) is 10.5. The molecular formula is C9H10Cl2N2O2. The van der Waals surface area contributed by atoms with Crippen LogP contribution in [0.25, 0.3) is 0 Å². The predicted molar refractivity (Wildman–Crippen MR) is 59.2 cm³/mol. The summed E-state index contributed by atoms with van der Waals surface area (Å²) in [5.74, 6) is -0.635. The largest absolute Gasteiger partial charge is 0.458 e. The van der Waals surface area contributed by atoms with Crippen LogP contribution in [0.5, 0.6) is 0 Å². The second-order valence-corrected chi connectivity index (χ2v) is 3.92. The van der Waals surface area contributed by atoms with E-state index in [9.17, 15) is 4.79 Å². The lowest BCUT2D eigenvalue weighted by Crippen LogP contribution is -2.14.